The molecule has 1 aromatic heterocycles. The number of nitrogens with two attached hydrogens (primary N) is 1. The molecule has 9 heteroatoms. The Morgan fingerprint density at radius 1 is 0.839 bits per heavy atom. The van der Waals surface area contributed by atoms with Gasteiger partial charge in [0.15, 0.2) is 0 Å². The number of sulfonamides is 1. The number of aromatic nitrogens is 2. The maximum absolute atomic E-state index is 14.0. The Kier molecular flexibility index (Phi) is 5.38. The van der Waals surface area contributed by atoms with Crippen LogP contribution in [0.15, 0.2) is 83.8 Å². The minimum Gasteiger partial charge on any atom is -0.232 e. The van der Waals surface area contributed by atoms with Gasteiger partial charge in [-0.3, -0.25) is 0 Å². The molecule has 4 rings (SSSR count). The summed E-state index contributed by atoms with van der Waals surface area (Å²) in [5.41, 5.74) is 1.29. The molecule has 0 saturated heterocycles. The van der Waals surface area contributed by atoms with Gasteiger partial charge in [-0.1, -0.05) is 42.5 Å². The highest BCUT2D eigenvalue weighted by Gasteiger charge is 2.27. The van der Waals surface area contributed by atoms with E-state index < -0.39 is 28.0 Å². The van der Waals surface area contributed by atoms with E-state index in [2.05, 4.69) is 5.10 Å². The van der Waals surface area contributed by atoms with E-state index in [1.807, 2.05) is 0 Å². The van der Waals surface area contributed by atoms with E-state index in [-0.39, 0.29) is 10.5 Å². The SMILES string of the molecule is NS(=O)(=O)c1ccc(-c2c(-c3ccc(F)cc3)c(C(F)F)nn2-c2ccccc2)cc1. The smallest absolute Gasteiger partial charge is 0.232 e. The van der Waals surface area contributed by atoms with Crippen LogP contribution >= 0.6 is 0 Å². The van der Waals surface area contributed by atoms with E-state index in [1.165, 1.54) is 53.2 Å². The second-order valence-corrected chi connectivity index (χ2v) is 8.29. The highest BCUT2D eigenvalue weighted by molar-refractivity contribution is 7.89. The summed E-state index contributed by atoms with van der Waals surface area (Å²) in [6.45, 7) is 0. The van der Waals surface area contributed by atoms with Crippen molar-refractivity contribution >= 4 is 10.0 Å². The van der Waals surface area contributed by atoms with Gasteiger partial charge in [0.2, 0.25) is 10.0 Å². The maximum Gasteiger partial charge on any atom is 0.282 e. The fourth-order valence-corrected chi connectivity index (χ4v) is 3.83. The average Bonchev–Trinajstić information content (AvgIpc) is 3.15. The lowest BCUT2D eigenvalue weighted by molar-refractivity contribution is 0.146. The standard InChI is InChI=1S/C22H16F3N3O2S/c23-16-10-6-14(7-11-16)19-20(22(24)25)27-28(17-4-2-1-3-5-17)21(19)15-8-12-18(13-9-15)31(26,29)30/h1-13,22H,(H2,26,29,30). The van der Waals surface area contributed by atoms with Crippen LogP contribution in [-0.4, -0.2) is 18.2 Å². The third-order valence-corrected chi connectivity index (χ3v) is 5.64. The first-order valence-corrected chi connectivity index (χ1v) is 10.7. The molecule has 4 aromatic rings. The molecule has 0 fully saturated rings. The molecular formula is C22H16F3N3O2S. The molecule has 5 nitrogen and oxygen atoms in total. The number of rotatable bonds is 5. The van der Waals surface area contributed by atoms with Gasteiger partial charge in [0.05, 0.1) is 16.3 Å². The van der Waals surface area contributed by atoms with Crippen LogP contribution in [0.25, 0.3) is 28.1 Å². The van der Waals surface area contributed by atoms with Crippen LogP contribution in [0.4, 0.5) is 13.2 Å². The number of para-hydroxylation sites is 1. The second-order valence-electron chi connectivity index (χ2n) is 6.73. The first kappa shape index (κ1) is 20.8. The molecule has 0 bridgehead atoms. The van der Waals surface area contributed by atoms with E-state index in [0.29, 0.717) is 22.5 Å². The van der Waals surface area contributed by atoms with Crippen LogP contribution < -0.4 is 5.14 Å². The van der Waals surface area contributed by atoms with Crippen molar-refractivity contribution in [1.29, 1.82) is 0 Å². The lowest BCUT2D eigenvalue weighted by Gasteiger charge is -2.11. The highest BCUT2D eigenvalue weighted by Crippen LogP contribution is 2.40. The summed E-state index contributed by atoms with van der Waals surface area (Å²) in [6, 6.07) is 19.4. The summed E-state index contributed by atoms with van der Waals surface area (Å²) in [6.07, 6.45) is -2.90. The molecule has 0 saturated carbocycles. The normalized spacial score (nSPS) is 11.8. The minimum atomic E-state index is -3.92. The number of halogens is 3. The topological polar surface area (TPSA) is 78.0 Å². The van der Waals surface area contributed by atoms with Gasteiger partial charge in [0.25, 0.3) is 6.43 Å². The first-order chi connectivity index (χ1) is 14.8. The molecule has 0 radical (unpaired) electrons. The maximum atomic E-state index is 14.0. The summed E-state index contributed by atoms with van der Waals surface area (Å²) < 4.78 is 66.0. The van der Waals surface area contributed by atoms with Gasteiger partial charge in [-0.25, -0.2) is 31.4 Å². The predicted molar refractivity (Wildman–Crippen MR) is 111 cm³/mol. The minimum absolute atomic E-state index is 0.112. The fourth-order valence-electron chi connectivity index (χ4n) is 3.31. The zero-order valence-electron chi connectivity index (χ0n) is 15.9. The monoisotopic (exact) mass is 443 g/mol. The lowest BCUT2D eigenvalue weighted by atomic mass is 9.98. The Hall–Kier alpha value is -3.43. The predicted octanol–water partition coefficient (Wildman–Crippen LogP) is 4.93. The Labute approximate surface area is 176 Å². The van der Waals surface area contributed by atoms with Crippen LogP contribution in [0.1, 0.15) is 12.1 Å². The number of hydrogen-bond acceptors (Lipinski definition) is 3. The molecule has 1 heterocycles. The van der Waals surface area contributed by atoms with Crippen LogP contribution in [0.2, 0.25) is 0 Å². The molecule has 0 aliphatic rings. The number of benzene rings is 3. The summed E-state index contributed by atoms with van der Waals surface area (Å²) in [5.74, 6) is -0.503. The third-order valence-electron chi connectivity index (χ3n) is 4.71. The summed E-state index contributed by atoms with van der Waals surface area (Å²) in [4.78, 5) is -0.112. The van der Waals surface area contributed by atoms with Crippen molar-refractivity contribution in [2.24, 2.45) is 5.14 Å². The third kappa shape index (κ3) is 4.10. The number of alkyl halides is 2. The van der Waals surface area contributed by atoms with Crippen molar-refractivity contribution < 1.29 is 21.6 Å². The zero-order chi connectivity index (χ0) is 22.2. The van der Waals surface area contributed by atoms with E-state index in [0.717, 1.165) is 0 Å². The van der Waals surface area contributed by atoms with Crippen molar-refractivity contribution in [2.75, 3.05) is 0 Å². The van der Waals surface area contributed by atoms with Gasteiger partial charge in [-0.15, -0.1) is 0 Å². The summed E-state index contributed by atoms with van der Waals surface area (Å²) >= 11 is 0. The fraction of sp³-hybridized carbons (Fsp3) is 0.0455. The molecular weight excluding hydrogens is 427 g/mol. The van der Waals surface area contributed by atoms with Crippen LogP contribution in [-0.2, 0) is 10.0 Å². The van der Waals surface area contributed by atoms with Gasteiger partial charge in [0, 0.05) is 11.1 Å². The molecule has 3 aromatic carbocycles. The van der Waals surface area contributed by atoms with Crippen molar-refractivity contribution in [3.63, 3.8) is 0 Å². The Morgan fingerprint density at radius 3 is 1.97 bits per heavy atom. The van der Waals surface area contributed by atoms with E-state index in [4.69, 9.17) is 5.14 Å². The molecule has 31 heavy (non-hydrogen) atoms. The molecule has 0 spiro atoms. The van der Waals surface area contributed by atoms with Gasteiger partial charge < -0.3 is 0 Å². The number of primary sulfonamides is 1. The zero-order valence-corrected chi connectivity index (χ0v) is 16.7. The summed E-state index contributed by atoms with van der Waals surface area (Å²) in [5, 5.41) is 9.32. The van der Waals surface area contributed by atoms with E-state index in [9.17, 15) is 21.6 Å². The molecule has 0 aliphatic heterocycles. The molecule has 0 unspecified atom stereocenters. The van der Waals surface area contributed by atoms with Gasteiger partial charge >= 0.3 is 0 Å². The Balaban J connectivity index is 2.04. The van der Waals surface area contributed by atoms with Crippen LogP contribution in [0.5, 0.6) is 0 Å². The average molecular weight is 443 g/mol. The van der Waals surface area contributed by atoms with Crippen molar-refractivity contribution in [2.45, 2.75) is 11.3 Å². The Morgan fingerprint density at radius 2 is 1.42 bits per heavy atom. The number of hydrogen-bond donors (Lipinski definition) is 1. The van der Waals surface area contributed by atoms with Gasteiger partial charge in [-0.2, -0.15) is 5.10 Å². The Bertz CT molecular complexity index is 1320. The van der Waals surface area contributed by atoms with Gasteiger partial charge in [-0.05, 0) is 42.0 Å². The summed E-state index contributed by atoms with van der Waals surface area (Å²) in [7, 11) is -3.92. The quantitative estimate of drug-likeness (QED) is 0.475. The van der Waals surface area contributed by atoms with Crippen LogP contribution in [0.3, 0.4) is 0 Å². The largest absolute Gasteiger partial charge is 0.282 e. The van der Waals surface area contributed by atoms with Gasteiger partial charge in [0.1, 0.15) is 11.5 Å². The molecule has 0 aliphatic carbocycles. The molecule has 0 amide bonds. The molecule has 0 atom stereocenters. The molecule has 158 valence electrons. The van der Waals surface area contributed by atoms with E-state index >= 15 is 0 Å². The van der Waals surface area contributed by atoms with Crippen molar-refractivity contribution in [3.8, 4) is 28.1 Å². The second kappa shape index (κ2) is 8.01. The highest BCUT2D eigenvalue weighted by atomic mass is 32.2. The van der Waals surface area contributed by atoms with Crippen molar-refractivity contribution in [1.82, 2.24) is 9.78 Å². The van der Waals surface area contributed by atoms with E-state index in [1.54, 1.807) is 30.3 Å². The number of nitrogens with zero attached hydrogens (tertiary/aromatic N) is 2. The first-order valence-electron chi connectivity index (χ1n) is 9.11. The molecule has 2 N–H and O–H groups in total. The van der Waals surface area contributed by atoms with Crippen LogP contribution in [0, 0.1) is 5.82 Å². The van der Waals surface area contributed by atoms with Crippen molar-refractivity contribution in [3.05, 3.63) is 90.4 Å². The lowest BCUT2D eigenvalue weighted by Crippen LogP contribution is -2.11.